The van der Waals surface area contributed by atoms with Gasteiger partial charge in [0.1, 0.15) is 0 Å². The normalized spacial score (nSPS) is 11.9. The van der Waals surface area contributed by atoms with Crippen molar-refractivity contribution < 1.29 is 9.59 Å². The molecule has 0 rings (SSSR count). The third kappa shape index (κ3) is 83.1. The summed E-state index contributed by atoms with van der Waals surface area (Å²) >= 11 is 4.71. The van der Waals surface area contributed by atoms with Gasteiger partial charge in [0.2, 0.25) is 11.1 Å². The number of rotatable bonds is 62. The van der Waals surface area contributed by atoms with Crippen LogP contribution in [0.1, 0.15) is 336 Å². The maximum Gasteiger partial charge on any atom is 0.245 e. The molecule has 0 heterocycles. The van der Waals surface area contributed by atoms with Crippen LogP contribution in [-0.4, -0.2) is 42.2 Å². The van der Waals surface area contributed by atoms with Gasteiger partial charge in [0.05, 0.1) is 0 Å². The van der Waals surface area contributed by atoms with Gasteiger partial charge < -0.3 is 10.2 Å². The number of carbonyl (C=O) groups is 2. The smallest absolute Gasteiger partial charge is 0.245 e. The predicted octanol–water partition coefficient (Wildman–Crippen LogP) is 25.8. The highest BCUT2D eigenvalue weighted by Gasteiger charge is 2.09. The summed E-state index contributed by atoms with van der Waals surface area (Å²) in [6.45, 7) is 20.1. The average molecular weight is 1170 g/mol. The first-order valence-electron chi connectivity index (χ1n) is 35.6. The standard InChI is InChI=1S/C39H69NO.C36H67N.C3H3ClO/c1-4-7-9-11-13-15-17-19-21-23-25-27-29-31-33-35-37-40(39(41)6-3)38-36-34-32-30-28-26-24-22-20-18-16-14-12-10-8-5-2;1-3-5-7-9-11-13-15-17-19-21-23-25-27-29-31-33-35-37-36-34-32-30-28-26-24-22-20-18-16-14-12-10-8-6-4-2;1-2-3(4)5/h6,13-16,19-22H,3-5,7-12,17-18,23-38H2,1-2H3;11-14,17-20,37H,3-10,15-16,21-36H2,1-2H3;2H,1H2/b15-13-,16-14-,21-19-,22-20-;13-11-,14-12-,19-17-,20-18-;. The number of hydrogen-bond acceptors (Lipinski definition) is 3. The molecule has 0 aliphatic carbocycles. The Bertz CT molecular complexity index is 1450. The van der Waals surface area contributed by atoms with Crippen molar-refractivity contribution in [2.45, 2.75) is 336 Å². The van der Waals surface area contributed by atoms with E-state index in [-0.39, 0.29) is 5.91 Å². The molecule has 0 aliphatic rings. The van der Waals surface area contributed by atoms with Gasteiger partial charge in [-0.25, -0.2) is 0 Å². The van der Waals surface area contributed by atoms with Crippen molar-refractivity contribution in [1.29, 1.82) is 0 Å². The van der Waals surface area contributed by atoms with E-state index in [9.17, 15) is 9.59 Å². The molecule has 0 aliphatic heterocycles. The minimum atomic E-state index is -0.509. The number of unbranched alkanes of at least 4 members (excludes halogenated alkanes) is 36. The molecule has 1 N–H and O–H groups in total. The average Bonchev–Trinajstić information content (AvgIpc) is 3.49. The number of nitrogens with zero attached hydrogens (tertiary/aromatic N) is 1. The van der Waals surface area contributed by atoms with Gasteiger partial charge in [0.25, 0.3) is 0 Å². The van der Waals surface area contributed by atoms with Gasteiger partial charge >= 0.3 is 0 Å². The largest absolute Gasteiger partial charge is 0.339 e. The topological polar surface area (TPSA) is 49.4 Å². The van der Waals surface area contributed by atoms with Crippen LogP contribution in [0.2, 0.25) is 0 Å². The Morgan fingerprint density at radius 1 is 0.301 bits per heavy atom. The van der Waals surface area contributed by atoms with E-state index in [1.165, 1.54) is 289 Å². The molecule has 0 aromatic rings. The zero-order valence-electron chi connectivity index (χ0n) is 55.7. The third-order valence-corrected chi connectivity index (χ3v) is 15.2. The first-order chi connectivity index (χ1) is 40.9. The molecule has 0 radical (unpaired) electrons. The predicted molar refractivity (Wildman–Crippen MR) is 378 cm³/mol. The van der Waals surface area contributed by atoms with Crippen LogP contribution in [0, 0.1) is 0 Å². The van der Waals surface area contributed by atoms with Gasteiger partial charge in [-0.3, -0.25) is 9.59 Å². The molecule has 0 aromatic carbocycles. The summed E-state index contributed by atoms with van der Waals surface area (Å²) < 4.78 is 0. The Labute approximate surface area is 524 Å². The van der Waals surface area contributed by atoms with Gasteiger partial charge in [-0.05, 0) is 191 Å². The van der Waals surface area contributed by atoms with Gasteiger partial charge in [-0.1, -0.05) is 292 Å². The lowest BCUT2D eigenvalue weighted by Gasteiger charge is -2.21. The van der Waals surface area contributed by atoms with Crippen LogP contribution in [0.4, 0.5) is 0 Å². The van der Waals surface area contributed by atoms with E-state index in [0.29, 0.717) is 0 Å². The molecule has 0 unspecified atom stereocenters. The molecule has 4 nitrogen and oxygen atoms in total. The van der Waals surface area contributed by atoms with Crippen molar-refractivity contribution >= 4 is 22.8 Å². The molecule has 0 saturated carbocycles. The Morgan fingerprint density at radius 3 is 0.723 bits per heavy atom. The number of halogens is 1. The van der Waals surface area contributed by atoms with Crippen LogP contribution in [0.25, 0.3) is 0 Å². The lowest BCUT2D eigenvalue weighted by Crippen LogP contribution is -2.31. The second-order valence-electron chi connectivity index (χ2n) is 23.1. The second-order valence-corrected chi connectivity index (χ2v) is 23.5. The summed E-state index contributed by atoms with van der Waals surface area (Å²) in [4.78, 5) is 23.8. The highest BCUT2D eigenvalue weighted by atomic mass is 35.5. The summed E-state index contributed by atoms with van der Waals surface area (Å²) in [5.41, 5.74) is 0. The molecular formula is C78H139ClN2O2. The lowest BCUT2D eigenvalue weighted by atomic mass is 10.1. The minimum Gasteiger partial charge on any atom is -0.339 e. The fraction of sp³-hybridized carbons (Fsp3) is 0.718. The molecule has 0 spiro atoms. The molecule has 0 bridgehead atoms. The molecule has 5 heteroatoms. The molecule has 0 fully saturated rings. The zero-order chi connectivity index (χ0) is 60.9. The van der Waals surface area contributed by atoms with Crippen LogP contribution in [0.3, 0.4) is 0 Å². The van der Waals surface area contributed by atoms with E-state index in [2.05, 4.69) is 143 Å². The van der Waals surface area contributed by atoms with Gasteiger partial charge in [-0.15, -0.1) is 0 Å². The monoisotopic (exact) mass is 1170 g/mol. The van der Waals surface area contributed by atoms with E-state index < -0.39 is 5.24 Å². The fourth-order valence-corrected chi connectivity index (χ4v) is 9.64. The number of hydrogen-bond donors (Lipinski definition) is 1. The van der Waals surface area contributed by atoms with Crippen LogP contribution in [0.5, 0.6) is 0 Å². The fourth-order valence-electron chi connectivity index (χ4n) is 9.64. The molecule has 0 aromatic heterocycles. The Morgan fingerprint density at radius 2 is 0.506 bits per heavy atom. The van der Waals surface area contributed by atoms with Gasteiger partial charge in [0, 0.05) is 13.1 Å². The van der Waals surface area contributed by atoms with Crippen LogP contribution in [-0.2, 0) is 9.59 Å². The van der Waals surface area contributed by atoms with E-state index >= 15 is 0 Å². The van der Waals surface area contributed by atoms with E-state index in [4.69, 9.17) is 11.6 Å². The maximum atomic E-state index is 12.3. The Hall–Kier alpha value is -3.21. The molecule has 0 saturated heterocycles. The number of nitrogens with one attached hydrogen (secondary N) is 1. The van der Waals surface area contributed by atoms with Gasteiger partial charge in [-0.2, -0.15) is 0 Å². The first kappa shape index (κ1) is 84.0. The molecule has 1 amide bonds. The zero-order valence-corrected chi connectivity index (χ0v) is 56.5. The summed E-state index contributed by atoms with van der Waals surface area (Å²) in [6, 6.07) is 0. The molecule has 480 valence electrons. The minimum absolute atomic E-state index is 0.107. The summed E-state index contributed by atoms with van der Waals surface area (Å²) in [7, 11) is 0. The quantitative estimate of drug-likeness (QED) is 0.0286. The number of allylic oxidation sites excluding steroid dienone is 17. The summed E-state index contributed by atoms with van der Waals surface area (Å²) in [6.07, 6.45) is 102. The number of carbonyl (C=O) groups excluding carboxylic acids is 2. The maximum absolute atomic E-state index is 12.3. The first-order valence-corrected chi connectivity index (χ1v) is 36.0. The lowest BCUT2D eigenvalue weighted by molar-refractivity contribution is -0.126. The highest BCUT2D eigenvalue weighted by Crippen LogP contribution is 2.14. The van der Waals surface area contributed by atoms with E-state index in [1.54, 1.807) is 0 Å². The Balaban J connectivity index is -0.00000143. The third-order valence-electron chi connectivity index (χ3n) is 15.0. The Kier molecular flexibility index (Phi) is 81.8. The molecular weight excluding hydrogens is 1030 g/mol. The summed E-state index contributed by atoms with van der Waals surface area (Å²) in [5, 5.41) is 3.15. The second kappa shape index (κ2) is 80.9. The van der Waals surface area contributed by atoms with Crippen molar-refractivity contribution in [3.63, 3.8) is 0 Å². The molecule has 0 atom stereocenters. The van der Waals surface area contributed by atoms with Crippen LogP contribution in [0.15, 0.2) is 123 Å². The van der Waals surface area contributed by atoms with Crippen molar-refractivity contribution in [3.05, 3.63) is 123 Å². The van der Waals surface area contributed by atoms with Crippen LogP contribution < -0.4 is 5.32 Å². The highest BCUT2D eigenvalue weighted by molar-refractivity contribution is 6.66. The van der Waals surface area contributed by atoms with E-state index in [1.807, 2.05) is 4.90 Å². The number of amides is 1. The molecule has 83 heavy (non-hydrogen) atoms. The van der Waals surface area contributed by atoms with Crippen molar-refractivity contribution in [2.75, 3.05) is 26.2 Å². The van der Waals surface area contributed by atoms with Crippen molar-refractivity contribution in [2.24, 2.45) is 0 Å². The SMILES string of the molecule is C=CC(=O)Cl.C=CC(=O)N(CCCCCCCC/C=C\C/C=C\CCCCC)CCCCCCCC/C=C\C/C=C\CCCCC.CCCCC/C=C\C/C=C\CCCCCCCCNCCCCCCCC/C=C\C/C=C\CCCCC. The van der Waals surface area contributed by atoms with Crippen molar-refractivity contribution in [3.8, 4) is 0 Å². The van der Waals surface area contributed by atoms with E-state index in [0.717, 1.165) is 57.7 Å². The van der Waals surface area contributed by atoms with Crippen molar-refractivity contribution in [1.82, 2.24) is 10.2 Å². The van der Waals surface area contributed by atoms with Gasteiger partial charge in [0.15, 0.2) is 0 Å². The summed E-state index contributed by atoms with van der Waals surface area (Å²) in [5.74, 6) is 0.107. The van der Waals surface area contributed by atoms with Crippen LogP contribution >= 0.6 is 11.6 Å².